The number of carbonyl (C=O) groups excluding carboxylic acids is 1. The van der Waals surface area contributed by atoms with Gasteiger partial charge in [0, 0.05) is 6.54 Å². The van der Waals surface area contributed by atoms with Gasteiger partial charge in [-0.3, -0.25) is 4.79 Å². The topological polar surface area (TPSA) is 98.7 Å². The second-order valence-electron chi connectivity index (χ2n) is 4.14. The number of nitrogens with two attached hydrogens (primary N) is 1. The lowest BCUT2D eigenvalue weighted by Gasteiger charge is -2.06. The Balaban J connectivity index is 1.79. The highest BCUT2D eigenvalue weighted by atomic mass is 16.2. The molecule has 0 saturated heterocycles. The Labute approximate surface area is 110 Å². The molecule has 19 heavy (non-hydrogen) atoms. The van der Waals surface area contributed by atoms with Gasteiger partial charge < -0.3 is 11.1 Å². The summed E-state index contributed by atoms with van der Waals surface area (Å²) < 4.78 is 1.37. The number of benzene rings is 1. The van der Waals surface area contributed by atoms with Crippen LogP contribution in [0, 0.1) is 0 Å². The van der Waals surface area contributed by atoms with Crippen molar-refractivity contribution in [3.63, 3.8) is 0 Å². The number of aromatic nitrogens is 4. The SMILES string of the molecule is NCCc1ccc(CNC(=O)Cn2cnnn2)cc1. The molecule has 7 nitrogen and oxygen atoms in total. The van der Waals surface area contributed by atoms with E-state index in [-0.39, 0.29) is 12.5 Å². The van der Waals surface area contributed by atoms with Crippen LogP contribution < -0.4 is 11.1 Å². The van der Waals surface area contributed by atoms with E-state index in [2.05, 4.69) is 20.8 Å². The van der Waals surface area contributed by atoms with Gasteiger partial charge in [-0.1, -0.05) is 24.3 Å². The number of carbonyl (C=O) groups is 1. The van der Waals surface area contributed by atoms with Gasteiger partial charge in [-0.25, -0.2) is 4.68 Å². The van der Waals surface area contributed by atoms with E-state index in [1.807, 2.05) is 24.3 Å². The standard InChI is InChI=1S/C12H16N6O/c13-6-5-10-1-3-11(4-2-10)7-14-12(19)8-18-9-15-16-17-18/h1-4,9H,5-8,13H2,(H,14,19). The molecule has 1 amide bonds. The third-order valence-corrected chi connectivity index (χ3v) is 2.64. The molecule has 0 aliphatic heterocycles. The minimum absolute atomic E-state index is 0.123. The van der Waals surface area contributed by atoms with E-state index in [1.54, 1.807) is 0 Å². The number of nitrogens with zero attached hydrogens (tertiary/aromatic N) is 4. The highest BCUT2D eigenvalue weighted by Gasteiger charge is 2.03. The summed E-state index contributed by atoms with van der Waals surface area (Å²) in [6, 6.07) is 8.02. The Morgan fingerprint density at radius 2 is 2.00 bits per heavy atom. The molecular weight excluding hydrogens is 244 g/mol. The summed E-state index contributed by atoms with van der Waals surface area (Å²) in [6.07, 6.45) is 2.27. The number of tetrazole rings is 1. The predicted octanol–water partition coefficient (Wildman–Crippen LogP) is -0.509. The van der Waals surface area contributed by atoms with E-state index >= 15 is 0 Å². The minimum atomic E-state index is -0.127. The van der Waals surface area contributed by atoms with Crippen LogP contribution in [0.1, 0.15) is 11.1 Å². The minimum Gasteiger partial charge on any atom is -0.350 e. The van der Waals surface area contributed by atoms with Gasteiger partial charge in [-0.05, 0) is 34.5 Å². The summed E-state index contributed by atoms with van der Waals surface area (Å²) in [7, 11) is 0. The van der Waals surface area contributed by atoms with Crippen molar-refractivity contribution in [2.75, 3.05) is 6.54 Å². The lowest BCUT2D eigenvalue weighted by Crippen LogP contribution is -2.27. The average molecular weight is 260 g/mol. The molecule has 3 N–H and O–H groups in total. The van der Waals surface area contributed by atoms with Crippen LogP contribution in [-0.2, 0) is 24.3 Å². The van der Waals surface area contributed by atoms with Crippen molar-refractivity contribution in [2.24, 2.45) is 5.73 Å². The van der Waals surface area contributed by atoms with Crippen molar-refractivity contribution in [3.8, 4) is 0 Å². The van der Waals surface area contributed by atoms with E-state index in [0.29, 0.717) is 13.1 Å². The Bertz CT molecular complexity index is 508. The molecule has 0 aliphatic rings. The number of hydrogen-bond donors (Lipinski definition) is 2. The Hall–Kier alpha value is -2.28. The third kappa shape index (κ3) is 4.14. The largest absolute Gasteiger partial charge is 0.350 e. The lowest BCUT2D eigenvalue weighted by molar-refractivity contribution is -0.122. The summed E-state index contributed by atoms with van der Waals surface area (Å²) in [5, 5.41) is 13.4. The van der Waals surface area contributed by atoms with Crippen molar-refractivity contribution in [1.82, 2.24) is 25.5 Å². The first-order valence-corrected chi connectivity index (χ1v) is 6.03. The summed E-state index contributed by atoms with van der Waals surface area (Å²) >= 11 is 0. The molecule has 0 unspecified atom stereocenters. The van der Waals surface area contributed by atoms with Crippen molar-refractivity contribution in [3.05, 3.63) is 41.7 Å². The fourth-order valence-electron chi connectivity index (χ4n) is 1.65. The first kappa shape index (κ1) is 13.2. The van der Waals surface area contributed by atoms with Crippen molar-refractivity contribution < 1.29 is 4.79 Å². The summed E-state index contributed by atoms with van der Waals surface area (Å²) in [4.78, 5) is 11.6. The highest BCUT2D eigenvalue weighted by molar-refractivity contribution is 5.75. The third-order valence-electron chi connectivity index (χ3n) is 2.64. The van der Waals surface area contributed by atoms with E-state index in [4.69, 9.17) is 5.73 Å². The maximum atomic E-state index is 11.6. The smallest absolute Gasteiger partial charge is 0.242 e. The maximum absolute atomic E-state index is 11.6. The molecule has 100 valence electrons. The molecule has 0 aliphatic carbocycles. The second-order valence-corrected chi connectivity index (χ2v) is 4.14. The monoisotopic (exact) mass is 260 g/mol. The Kier molecular flexibility index (Phi) is 4.57. The number of nitrogens with one attached hydrogen (secondary N) is 1. The molecule has 0 atom stereocenters. The average Bonchev–Trinajstić information content (AvgIpc) is 2.91. The molecular formula is C12H16N6O. The van der Waals surface area contributed by atoms with Crippen LogP contribution >= 0.6 is 0 Å². The van der Waals surface area contributed by atoms with Gasteiger partial charge in [0.2, 0.25) is 5.91 Å². The quantitative estimate of drug-likeness (QED) is 0.729. The second kappa shape index (κ2) is 6.60. The number of hydrogen-bond acceptors (Lipinski definition) is 5. The van der Waals surface area contributed by atoms with E-state index < -0.39 is 0 Å². The van der Waals surface area contributed by atoms with Gasteiger partial charge in [0.15, 0.2) is 0 Å². The molecule has 0 spiro atoms. The summed E-state index contributed by atoms with van der Waals surface area (Å²) in [6.45, 7) is 1.25. The van der Waals surface area contributed by atoms with Crippen LogP contribution in [0.3, 0.4) is 0 Å². The van der Waals surface area contributed by atoms with E-state index in [9.17, 15) is 4.79 Å². The molecule has 1 aromatic heterocycles. The van der Waals surface area contributed by atoms with Gasteiger partial charge >= 0.3 is 0 Å². The number of amides is 1. The zero-order chi connectivity index (χ0) is 13.5. The zero-order valence-electron chi connectivity index (χ0n) is 10.5. The summed E-state index contributed by atoms with van der Waals surface area (Å²) in [5.74, 6) is -0.127. The molecule has 2 rings (SSSR count). The fraction of sp³-hybridized carbons (Fsp3) is 0.333. The fourth-order valence-corrected chi connectivity index (χ4v) is 1.65. The van der Waals surface area contributed by atoms with Crippen LogP contribution in [0.25, 0.3) is 0 Å². The van der Waals surface area contributed by atoms with Gasteiger partial charge in [0.25, 0.3) is 0 Å². The van der Waals surface area contributed by atoms with E-state index in [1.165, 1.54) is 16.6 Å². The van der Waals surface area contributed by atoms with Gasteiger partial charge in [-0.15, -0.1) is 5.10 Å². The highest BCUT2D eigenvalue weighted by Crippen LogP contribution is 2.04. The maximum Gasteiger partial charge on any atom is 0.242 e. The van der Waals surface area contributed by atoms with Crippen LogP contribution in [-0.4, -0.2) is 32.7 Å². The van der Waals surface area contributed by atoms with Gasteiger partial charge in [0.1, 0.15) is 12.9 Å². The van der Waals surface area contributed by atoms with Crippen molar-refractivity contribution in [2.45, 2.75) is 19.5 Å². The lowest BCUT2D eigenvalue weighted by atomic mass is 10.1. The first-order chi connectivity index (χ1) is 9.28. The molecule has 0 fully saturated rings. The first-order valence-electron chi connectivity index (χ1n) is 6.03. The van der Waals surface area contributed by atoms with Crippen LogP contribution in [0.2, 0.25) is 0 Å². The molecule has 0 radical (unpaired) electrons. The molecule has 0 saturated carbocycles. The normalized spacial score (nSPS) is 10.4. The van der Waals surface area contributed by atoms with Gasteiger partial charge in [-0.2, -0.15) is 0 Å². The van der Waals surface area contributed by atoms with Crippen LogP contribution in [0.4, 0.5) is 0 Å². The summed E-state index contributed by atoms with van der Waals surface area (Å²) in [5.41, 5.74) is 7.73. The van der Waals surface area contributed by atoms with Crippen molar-refractivity contribution in [1.29, 1.82) is 0 Å². The van der Waals surface area contributed by atoms with Crippen LogP contribution in [0.5, 0.6) is 0 Å². The Morgan fingerprint density at radius 1 is 1.26 bits per heavy atom. The zero-order valence-corrected chi connectivity index (χ0v) is 10.5. The Morgan fingerprint density at radius 3 is 2.63 bits per heavy atom. The number of rotatable bonds is 6. The molecule has 1 heterocycles. The molecule has 2 aromatic rings. The molecule has 1 aromatic carbocycles. The molecule has 7 heteroatoms. The van der Waals surface area contributed by atoms with Crippen molar-refractivity contribution >= 4 is 5.91 Å². The molecule has 0 bridgehead atoms. The van der Waals surface area contributed by atoms with Crippen LogP contribution in [0.15, 0.2) is 30.6 Å². The van der Waals surface area contributed by atoms with E-state index in [0.717, 1.165) is 12.0 Å². The van der Waals surface area contributed by atoms with Gasteiger partial charge in [0.05, 0.1) is 0 Å². The predicted molar refractivity (Wildman–Crippen MR) is 68.9 cm³/mol.